The van der Waals surface area contributed by atoms with E-state index in [0.717, 1.165) is 12.1 Å². The van der Waals surface area contributed by atoms with E-state index in [1.54, 1.807) is 13.8 Å². The zero-order valence-corrected chi connectivity index (χ0v) is 10.2. The van der Waals surface area contributed by atoms with Crippen molar-refractivity contribution in [2.75, 3.05) is 13.2 Å². The maximum absolute atomic E-state index is 13.3. The maximum Gasteiger partial charge on any atom is 0.310 e. The van der Waals surface area contributed by atoms with Gasteiger partial charge in [-0.15, -0.1) is 0 Å². The molecule has 0 aromatic heterocycles. The van der Waals surface area contributed by atoms with Gasteiger partial charge in [-0.25, -0.2) is 8.78 Å². The van der Waals surface area contributed by atoms with Crippen LogP contribution in [0.4, 0.5) is 8.78 Å². The Balaban J connectivity index is 2.51. The van der Waals surface area contributed by atoms with Crippen LogP contribution in [0.2, 0.25) is 0 Å². The third-order valence-electron chi connectivity index (χ3n) is 3.90. The van der Waals surface area contributed by atoms with Crippen molar-refractivity contribution in [3.8, 4) is 0 Å². The van der Waals surface area contributed by atoms with Gasteiger partial charge in [-0.1, -0.05) is 6.07 Å². The summed E-state index contributed by atoms with van der Waals surface area (Å²) in [6, 6.07) is 3.50. The monoisotopic (exact) mass is 256 g/mol. The van der Waals surface area contributed by atoms with Crippen molar-refractivity contribution in [2.24, 2.45) is 5.41 Å². The van der Waals surface area contributed by atoms with E-state index < -0.39 is 28.4 Å². The molecule has 1 fully saturated rings. The first-order chi connectivity index (χ1) is 8.31. The summed E-state index contributed by atoms with van der Waals surface area (Å²) >= 11 is 0. The van der Waals surface area contributed by atoms with E-state index in [2.05, 4.69) is 0 Å². The van der Waals surface area contributed by atoms with Crippen LogP contribution in [-0.2, 0) is 14.9 Å². The number of halogens is 2. The van der Waals surface area contributed by atoms with Crippen molar-refractivity contribution >= 4 is 5.97 Å². The topological polar surface area (TPSA) is 46.5 Å². The Morgan fingerprint density at radius 3 is 2.33 bits per heavy atom. The highest BCUT2D eigenvalue weighted by Crippen LogP contribution is 2.47. The zero-order valence-electron chi connectivity index (χ0n) is 10.2. The second-order valence-electron chi connectivity index (χ2n) is 5.13. The van der Waals surface area contributed by atoms with Gasteiger partial charge in [0.05, 0.1) is 24.0 Å². The summed E-state index contributed by atoms with van der Waals surface area (Å²) in [5, 5.41) is 9.30. The van der Waals surface area contributed by atoms with Gasteiger partial charge in [0.25, 0.3) is 0 Å². The fraction of sp³-hybridized carbons (Fsp3) is 0.462. The van der Waals surface area contributed by atoms with E-state index >= 15 is 0 Å². The predicted octanol–water partition coefficient (Wildman–Crippen LogP) is 2.34. The van der Waals surface area contributed by atoms with Crippen LogP contribution >= 0.6 is 0 Å². The van der Waals surface area contributed by atoms with Gasteiger partial charge in [-0.05, 0) is 31.5 Å². The quantitative estimate of drug-likeness (QED) is 0.903. The van der Waals surface area contributed by atoms with Gasteiger partial charge in [0.2, 0.25) is 0 Å². The van der Waals surface area contributed by atoms with Crippen LogP contribution in [0.25, 0.3) is 0 Å². The summed E-state index contributed by atoms with van der Waals surface area (Å²) < 4.78 is 31.4. The van der Waals surface area contributed by atoms with Gasteiger partial charge >= 0.3 is 5.97 Å². The number of ether oxygens (including phenoxy) is 1. The second kappa shape index (κ2) is 4.02. The van der Waals surface area contributed by atoms with E-state index in [9.17, 15) is 18.7 Å². The molecule has 0 saturated carbocycles. The van der Waals surface area contributed by atoms with Gasteiger partial charge in [-0.2, -0.15) is 0 Å². The largest absolute Gasteiger partial charge is 0.481 e. The molecule has 1 aliphatic rings. The van der Waals surface area contributed by atoms with Crippen molar-refractivity contribution < 1.29 is 23.4 Å². The molecule has 0 aliphatic carbocycles. The van der Waals surface area contributed by atoms with Gasteiger partial charge in [-0.3, -0.25) is 4.79 Å². The van der Waals surface area contributed by atoms with Crippen molar-refractivity contribution in [3.63, 3.8) is 0 Å². The van der Waals surface area contributed by atoms with Crippen molar-refractivity contribution in [2.45, 2.75) is 19.3 Å². The van der Waals surface area contributed by atoms with Crippen LogP contribution in [0.3, 0.4) is 0 Å². The van der Waals surface area contributed by atoms with Gasteiger partial charge in [0, 0.05) is 0 Å². The van der Waals surface area contributed by atoms with E-state index in [0.29, 0.717) is 5.56 Å². The van der Waals surface area contributed by atoms with Crippen LogP contribution in [0.5, 0.6) is 0 Å². The lowest BCUT2D eigenvalue weighted by Gasteiger charge is -2.50. The van der Waals surface area contributed by atoms with Crippen LogP contribution in [0, 0.1) is 17.0 Å². The Labute approximate surface area is 103 Å². The molecule has 1 aliphatic heterocycles. The summed E-state index contributed by atoms with van der Waals surface area (Å²) in [5.41, 5.74) is -1.47. The number of hydrogen-bond acceptors (Lipinski definition) is 2. The Morgan fingerprint density at radius 1 is 1.33 bits per heavy atom. The Morgan fingerprint density at radius 2 is 1.94 bits per heavy atom. The second-order valence-corrected chi connectivity index (χ2v) is 5.13. The van der Waals surface area contributed by atoms with E-state index in [-0.39, 0.29) is 13.2 Å². The Hall–Kier alpha value is -1.49. The number of carbonyl (C=O) groups is 1. The molecule has 0 unspecified atom stereocenters. The molecule has 0 bridgehead atoms. The zero-order chi connectivity index (χ0) is 13.6. The first-order valence-electron chi connectivity index (χ1n) is 5.58. The minimum Gasteiger partial charge on any atom is -0.481 e. The molecule has 2 rings (SSSR count). The summed E-state index contributed by atoms with van der Waals surface area (Å²) in [6.45, 7) is 3.52. The lowest BCUT2D eigenvalue weighted by molar-refractivity contribution is -0.171. The average molecular weight is 256 g/mol. The first kappa shape index (κ1) is 13.0. The van der Waals surface area contributed by atoms with Crippen molar-refractivity contribution in [1.82, 2.24) is 0 Å². The molecule has 98 valence electrons. The van der Waals surface area contributed by atoms with E-state index in [4.69, 9.17) is 4.74 Å². The normalized spacial score (nSPS) is 18.2. The number of carboxylic acids is 1. The number of carboxylic acid groups (broad SMARTS) is 1. The molecule has 3 nitrogen and oxygen atoms in total. The molecule has 0 atom stereocenters. The Kier molecular flexibility index (Phi) is 2.89. The van der Waals surface area contributed by atoms with E-state index in [1.807, 2.05) is 0 Å². The molecule has 18 heavy (non-hydrogen) atoms. The number of aliphatic carboxylic acids is 1. The number of rotatable bonds is 3. The number of benzene rings is 1. The SMILES string of the molecule is CC(C)(C(=O)O)C1(c2ccc(F)c(F)c2)COC1. The highest BCUT2D eigenvalue weighted by Gasteiger charge is 2.56. The lowest BCUT2D eigenvalue weighted by atomic mass is 9.60. The maximum atomic E-state index is 13.3. The smallest absolute Gasteiger partial charge is 0.310 e. The van der Waals surface area contributed by atoms with Gasteiger partial charge < -0.3 is 9.84 Å². The fourth-order valence-electron chi connectivity index (χ4n) is 2.19. The van der Waals surface area contributed by atoms with Crippen molar-refractivity contribution in [3.05, 3.63) is 35.4 Å². The predicted molar refractivity (Wildman–Crippen MR) is 60.3 cm³/mol. The molecular formula is C13H14F2O3. The highest BCUT2D eigenvalue weighted by atomic mass is 19.2. The molecule has 1 heterocycles. The molecule has 1 saturated heterocycles. The van der Waals surface area contributed by atoms with E-state index in [1.165, 1.54) is 6.07 Å². The van der Waals surface area contributed by atoms with Gasteiger partial charge in [0.1, 0.15) is 0 Å². The minimum absolute atomic E-state index is 0.192. The molecule has 0 amide bonds. The van der Waals surface area contributed by atoms with Crippen LogP contribution in [0.15, 0.2) is 18.2 Å². The minimum atomic E-state index is -1.12. The first-order valence-corrected chi connectivity index (χ1v) is 5.58. The van der Waals surface area contributed by atoms with Crippen molar-refractivity contribution in [1.29, 1.82) is 0 Å². The highest BCUT2D eigenvalue weighted by molar-refractivity contribution is 5.76. The Bertz CT molecular complexity index is 493. The molecular weight excluding hydrogens is 242 g/mol. The summed E-state index contributed by atoms with van der Waals surface area (Å²) in [4.78, 5) is 11.4. The van der Waals surface area contributed by atoms with Crippen LogP contribution < -0.4 is 0 Å². The summed E-state index contributed by atoms with van der Waals surface area (Å²) in [7, 11) is 0. The third-order valence-corrected chi connectivity index (χ3v) is 3.90. The number of hydrogen-bond donors (Lipinski definition) is 1. The van der Waals surface area contributed by atoms with Crippen LogP contribution in [0.1, 0.15) is 19.4 Å². The molecule has 5 heteroatoms. The molecule has 0 radical (unpaired) electrons. The average Bonchev–Trinajstić information content (AvgIpc) is 2.21. The molecule has 1 N–H and O–H groups in total. The molecule has 0 spiro atoms. The lowest BCUT2D eigenvalue weighted by Crippen LogP contribution is -2.59. The third kappa shape index (κ3) is 1.61. The van der Waals surface area contributed by atoms with Crippen LogP contribution in [-0.4, -0.2) is 24.3 Å². The molecule has 1 aromatic carbocycles. The molecule has 1 aromatic rings. The summed E-state index contributed by atoms with van der Waals surface area (Å²) in [5.74, 6) is -2.90. The fourth-order valence-corrected chi connectivity index (χ4v) is 2.19. The van der Waals surface area contributed by atoms with Gasteiger partial charge in [0.15, 0.2) is 11.6 Å². The summed E-state index contributed by atoms with van der Waals surface area (Å²) in [6.07, 6.45) is 0. The standard InChI is InChI=1S/C13H14F2O3/c1-12(2,11(16)17)13(6-18-7-13)8-3-4-9(14)10(15)5-8/h3-5H,6-7H2,1-2H3,(H,16,17).